The van der Waals surface area contributed by atoms with Crippen LogP contribution in [-0.4, -0.2) is 21.8 Å². The van der Waals surface area contributed by atoms with Crippen molar-refractivity contribution in [3.05, 3.63) is 12.2 Å². The average molecular weight is 141 g/mol. The molecule has 0 fully saturated rings. The third kappa shape index (κ3) is 2.14. The molecule has 1 rings (SSSR count). The summed E-state index contributed by atoms with van der Waals surface area (Å²) >= 11 is 0. The van der Waals surface area contributed by atoms with Crippen LogP contribution in [0.25, 0.3) is 0 Å². The predicted octanol–water partition coefficient (Wildman–Crippen LogP) is 0.731. The van der Waals surface area contributed by atoms with Crippen LogP contribution in [0.15, 0.2) is 6.33 Å². The summed E-state index contributed by atoms with van der Waals surface area (Å²) in [6.45, 7) is 3.38. The topological polar surface area (TPSA) is 50.8 Å². The van der Waals surface area contributed by atoms with Gasteiger partial charge in [-0.15, -0.1) is 0 Å². The Balaban J connectivity index is 2.15. The zero-order chi connectivity index (χ0) is 7.23. The van der Waals surface area contributed by atoms with Gasteiger partial charge >= 0.3 is 0 Å². The summed E-state index contributed by atoms with van der Waals surface area (Å²) in [5, 5.41) is 6.39. The highest BCUT2D eigenvalue weighted by molar-refractivity contribution is 4.74. The lowest BCUT2D eigenvalue weighted by Crippen LogP contribution is -1.95. The van der Waals surface area contributed by atoms with E-state index in [-0.39, 0.29) is 0 Å². The minimum Gasteiger partial charge on any atom is -0.373 e. The Kier molecular flexibility index (Phi) is 2.89. The molecule has 0 amide bonds. The molecule has 4 heteroatoms. The molecular weight excluding hydrogens is 130 g/mol. The van der Waals surface area contributed by atoms with Crippen LogP contribution in [0.4, 0.5) is 0 Å². The minimum absolute atomic E-state index is 0.536. The van der Waals surface area contributed by atoms with Crippen LogP contribution in [0.1, 0.15) is 19.2 Å². The van der Waals surface area contributed by atoms with Crippen LogP contribution in [0.5, 0.6) is 0 Å². The number of hydrogen-bond acceptors (Lipinski definition) is 3. The summed E-state index contributed by atoms with van der Waals surface area (Å²) in [5.41, 5.74) is 0. The molecule has 1 N–H and O–H groups in total. The van der Waals surface area contributed by atoms with Gasteiger partial charge in [-0.05, 0) is 6.42 Å². The highest BCUT2D eigenvalue weighted by atomic mass is 16.5. The van der Waals surface area contributed by atoms with E-state index in [9.17, 15) is 0 Å². The molecule has 4 nitrogen and oxygen atoms in total. The first-order valence-corrected chi connectivity index (χ1v) is 3.35. The lowest BCUT2D eigenvalue weighted by molar-refractivity contribution is 0.116. The van der Waals surface area contributed by atoms with E-state index < -0.39 is 0 Å². The first kappa shape index (κ1) is 7.21. The quantitative estimate of drug-likeness (QED) is 0.629. The number of aromatic nitrogens is 3. The van der Waals surface area contributed by atoms with Crippen LogP contribution >= 0.6 is 0 Å². The van der Waals surface area contributed by atoms with Crippen molar-refractivity contribution in [2.75, 3.05) is 6.61 Å². The fraction of sp³-hybridized carbons (Fsp3) is 0.667. The van der Waals surface area contributed by atoms with E-state index >= 15 is 0 Å². The molecule has 0 aliphatic carbocycles. The number of rotatable bonds is 4. The first-order chi connectivity index (χ1) is 4.93. The van der Waals surface area contributed by atoms with Crippen LogP contribution in [0.2, 0.25) is 0 Å². The number of nitrogens with one attached hydrogen (secondary N) is 1. The zero-order valence-electron chi connectivity index (χ0n) is 6.00. The second-order valence-electron chi connectivity index (χ2n) is 1.98. The standard InChI is InChI=1S/C6H11N3O/c1-2-3-10-4-6-7-5-8-9-6/h5H,2-4H2,1H3,(H,7,8,9). The van der Waals surface area contributed by atoms with E-state index in [2.05, 4.69) is 22.1 Å². The fourth-order valence-electron chi connectivity index (χ4n) is 0.614. The Morgan fingerprint density at radius 1 is 1.70 bits per heavy atom. The van der Waals surface area contributed by atoms with Crippen molar-refractivity contribution in [1.82, 2.24) is 15.2 Å². The van der Waals surface area contributed by atoms with Crippen molar-refractivity contribution in [2.24, 2.45) is 0 Å². The van der Waals surface area contributed by atoms with Crippen LogP contribution in [-0.2, 0) is 11.3 Å². The summed E-state index contributed by atoms with van der Waals surface area (Å²) in [4.78, 5) is 3.90. The van der Waals surface area contributed by atoms with Gasteiger partial charge in [-0.1, -0.05) is 6.92 Å². The van der Waals surface area contributed by atoms with Crippen molar-refractivity contribution in [2.45, 2.75) is 20.0 Å². The maximum atomic E-state index is 5.19. The van der Waals surface area contributed by atoms with Crippen molar-refractivity contribution in [1.29, 1.82) is 0 Å². The maximum Gasteiger partial charge on any atom is 0.150 e. The second kappa shape index (κ2) is 4.00. The molecule has 0 aliphatic rings. The Bertz CT molecular complexity index is 162. The van der Waals surface area contributed by atoms with Crippen molar-refractivity contribution >= 4 is 0 Å². The first-order valence-electron chi connectivity index (χ1n) is 3.35. The fourth-order valence-corrected chi connectivity index (χ4v) is 0.614. The Labute approximate surface area is 59.6 Å². The van der Waals surface area contributed by atoms with E-state index in [4.69, 9.17) is 4.74 Å². The highest BCUT2D eigenvalue weighted by Crippen LogP contribution is 1.90. The SMILES string of the molecule is CCCOCc1ncn[nH]1. The zero-order valence-corrected chi connectivity index (χ0v) is 6.00. The van der Waals surface area contributed by atoms with Gasteiger partial charge in [0.2, 0.25) is 0 Å². The highest BCUT2D eigenvalue weighted by Gasteiger charge is 1.92. The molecule has 0 radical (unpaired) electrons. The summed E-state index contributed by atoms with van der Waals surface area (Å²) < 4.78 is 5.19. The number of H-pyrrole nitrogens is 1. The van der Waals surface area contributed by atoms with Crippen LogP contribution in [0.3, 0.4) is 0 Å². The largest absolute Gasteiger partial charge is 0.373 e. The molecule has 0 saturated heterocycles. The van der Waals surface area contributed by atoms with Gasteiger partial charge in [-0.25, -0.2) is 4.98 Å². The van der Waals surface area contributed by atoms with Gasteiger partial charge in [0.25, 0.3) is 0 Å². The van der Waals surface area contributed by atoms with Crippen molar-refractivity contribution in [3.63, 3.8) is 0 Å². The van der Waals surface area contributed by atoms with Crippen LogP contribution < -0.4 is 0 Å². The number of nitrogens with zero attached hydrogens (tertiary/aromatic N) is 2. The van der Waals surface area contributed by atoms with E-state index in [1.165, 1.54) is 6.33 Å². The molecule has 56 valence electrons. The van der Waals surface area contributed by atoms with Gasteiger partial charge in [0.05, 0.1) is 0 Å². The Hall–Kier alpha value is -0.900. The van der Waals surface area contributed by atoms with E-state index in [0.29, 0.717) is 6.61 Å². The van der Waals surface area contributed by atoms with Crippen molar-refractivity contribution in [3.8, 4) is 0 Å². The van der Waals surface area contributed by atoms with Gasteiger partial charge in [0, 0.05) is 6.61 Å². The van der Waals surface area contributed by atoms with Crippen molar-refractivity contribution < 1.29 is 4.74 Å². The van der Waals surface area contributed by atoms with Gasteiger partial charge in [0.1, 0.15) is 18.8 Å². The molecule has 0 aliphatic heterocycles. The molecule has 1 heterocycles. The molecule has 0 spiro atoms. The number of hydrogen-bond donors (Lipinski definition) is 1. The van der Waals surface area contributed by atoms with Crippen LogP contribution in [0, 0.1) is 0 Å². The third-order valence-electron chi connectivity index (χ3n) is 1.05. The smallest absolute Gasteiger partial charge is 0.150 e. The van der Waals surface area contributed by atoms with E-state index in [1.807, 2.05) is 0 Å². The molecule has 1 aromatic rings. The molecule has 0 unspecified atom stereocenters. The predicted molar refractivity (Wildman–Crippen MR) is 36.3 cm³/mol. The average Bonchev–Trinajstić information content (AvgIpc) is 2.41. The summed E-state index contributed by atoms with van der Waals surface area (Å²) in [7, 11) is 0. The van der Waals surface area contributed by atoms with E-state index in [0.717, 1.165) is 18.9 Å². The Morgan fingerprint density at radius 2 is 2.60 bits per heavy atom. The molecule has 10 heavy (non-hydrogen) atoms. The molecular formula is C6H11N3O. The van der Waals surface area contributed by atoms with E-state index in [1.54, 1.807) is 0 Å². The molecule has 0 bridgehead atoms. The van der Waals surface area contributed by atoms with Gasteiger partial charge in [-0.3, -0.25) is 5.10 Å². The maximum absolute atomic E-state index is 5.19. The third-order valence-corrected chi connectivity index (χ3v) is 1.05. The van der Waals surface area contributed by atoms with Gasteiger partial charge in [0.15, 0.2) is 0 Å². The summed E-state index contributed by atoms with van der Waals surface area (Å²) in [6.07, 6.45) is 2.51. The molecule has 0 saturated carbocycles. The normalized spacial score (nSPS) is 10.1. The summed E-state index contributed by atoms with van der Waals surface area (Å²) in [5.74, 6) is 0.786. The number of aromatic amines is 1. The minimum atomic E-state index is 0.536. The lowest BCUT2D eigenvalue weighted by atomic mass is 10.5. The lowest BCUT2D eigenvalue weighted by Gasteiger charge is -1.96. The number of ether oxygens (including phenoxy) is 1. The summed E-state index contributed by atoms with van der Waals surface area (Å²) in [6, 6.07) is 0. The molecule has 1 aromatic heterocycles. The monoisotopic (exact) mass is 141 g/mol. The Morgan fingerprint density at radius 3 is 3.20 bits per heavy atom. The molecule has 0 aromatic carbocycles. The van der Waals surface area contributed by atoms with Gasteiger partial charge < -0.3 is 4.74 Å². The van der Waals surface area contributed by atoms with Gasteiger partial charge in [-0.2, -0.15) is 5.10 Å². The molecule has 0 atom stereocenters. The second-order valence-corrected chi connectivity index (χ2v) is 1.98.